The molecule has 0 aromatic heterocycles. The average molecular weight is 395 g/mol. The summed E-state index contributed by atoms with van der Waals surface area (Å²) in [4.78, 5) is 65.2. The minimum Gasteiger partial charge on any atom is -0.447 e. The summed E-state index contributed by atoms with van der Waals surface area (Å²) in [5.74, 6) is -2.83. The van der Waals surface area contributed by atoms with Crippen LogP contribution < -0.4 is 5.48 Å². The van der Waals surface area contributed by atoms with E-state index in [1.165, 1.54) is 12.1 Å². The summed E-state index contributed by atoms with van der Waals surface area (Å²) in [6.07, 6.45) is -1.13. The van der Waals surface area contributed by atoms with Gasteiger partial charge in [0.1, 0.15) is 6.61 Å². The quantitative estimate of drug-likeness (QED) is 0.385. The molecule has 1 fully saturated rings. The Morgan fingerprint density at radius 2 is 1.89 bits per heavy atom. The van der Waals surface area contributed by atoms with Crippen LogP contribution in [0.4, 0.5) is 10.5 Å². The molecule has 1 aliphatic rings. The van der Waals surface area contributed by atoms with Gasteiger partial charge in [0.25, 0.3) is 17.5 Å². The third kappa shape index (κ3) is 5.48. The number of amides is 3. The molecule has 1 unspecified atom stereocenters. The molecule has 0 bridgehead atoms. The summed E-state index contributed by atoms with van der Waals surface area (Å²) in [7, 11) is 0. The van der Waals surface area contributed by atoms with Gasteiger partial charge in [-0.1, -0.05) is 25.1 Å². The van der Waals surface area contributed by atoms with Crippen molar-refractivity contribution in [2.75, 3.05) is 13.2 Å². The second-order valence-corrected chi connectivity index (χ2v) is 5.75. The number of carbonyl (C=O) groups is 4. The maximum atomic E-state index is 11.6. The molecule has 0 saturated carbocycles. The molecule has 1 atom stereocenters. The van der Waals surface area contributed by atoms with Crippen LogP contribution in [0.15, 0.2) is 24.3 Å². The van der Waals surface area contributed by atoms with Crippen molar-refractivity contribution < 1.29 is 38.5 Å². The number of nitro groups is 1. The number of rotatable bonds is 8. The van der Waals surface area contributed by atoms with Crippen molar-refractivity contribution in [2.45, 2.75) is 25.7 Å². The Kier molecular flexibility index (Phi) is 6.98. The molecule has 3 amide bonds. The molecular weight excluding hydrogens is 378 g/mol. The first-order valence-electron chi connectivity index (χ1n) is 8.14. The number of hydrogen-bond donors (Lipinski definition) is 1. The molecule has 1 N–H and O–H groups in total. The van der Waals surface area contributed by atoms with Gasteiger partial charge in [-0.25, -0.2) is 9.59 Å². The van der Waals surface area contributed by atoms with Crippen LogP contribution in [0.3, 0.4) is 0 Å². The topological polar surface area (TPSA) is 154 Å². The van der Waals surface area contributed by atoms with Crippen molar-refractivity contribution in [3.05, 3.63) is 39.9 Å². The zero-order valence-electron chi connectivity index (χ0n) is 14.8. The van der Waals surface area contributed by atoms with Gasteiger partial charge in [-0.05, 0) is 0 Å². The highest BCUT2D eigenvalue weighted by Crippen LogP contribution is 2.26. The van der Waals surface area contributed by atoms with Crippen LogP contribution in [0.25, 0.3) is 0 Å². The van der Waals surface area contributed by atoms with Gasteiger partial charge in [-0.3, -0.25) is 24.5 Å². The van der Waals surface area contributed by atoms with Gasteiger partial charge in [0.2, 0.25) is 0 Å². The zero-order chi connectivity index (χ0) is 20.7. The van der Waals surface area contributed by atoms with E-state index in [4.69, 9.17) is 4.74 Å². The Bertz CT molecular complexity index is 779. The standard InChI is InChI=1S/C16H17N3O9/c1-10(11-4-2-3-5-12(11)19(24)25)8-26-16(23)17-27-9-15(22)28-18-13(20)6-7-14(18)21/h2-5,10H,6-9H2,1H3,(H,17,23). The summed E-state index contributed by atoms with van der Waals surface area (Å²) < 4.78 is 4.87. The third-order valence-electron chi connectivity index (χ3n) is 3.67. The molecule has 1 aromatic carbocycles. The number of benzene rings is 1. The Labute approximate surface area is 158 Å². The molecule has 150 valence electrons. The number of para-hydroxylation sites is 1. The van der Waals surface area contributed by atoms with Crippen molar-refractivity contribution in [3.8, 4) is 0 Å². The zero-order valence-corrected chi connectivity index (χ0v) is 14.8. The van der Waals surface area contributed by atoms with E-state index in [2.05, 4.69) is 9.68 Å². The molecule has 1 saturated heterocycles. The van der Waals surface area contributed by atoms with Crippen molar-refractivity contribution in [1.82, 2.24) is 10.5 Å². The molecule has 28 heavy (non-hydrogen) atoms. The predicted octanol–water partition coefficient (Wildman–Crippen LogP) is 0.963. The van der Waals surface area contributed by atoms with E-state index in [9.17, 15) is 29.3 Å². The fourth-order valence-electron chi connectivity index (χ4n) is 2.33. The lowest BCUT2D eigenvalue weighted by atomic mass is 10.0. The van der Waals surface area contributed by atoms with Gasteiger partial charge in [0.15, 0.2) is 6.61 Å². The summed E-state index contributed by atoms with van der Waals surface area (Å²) in [6.45, 7) is 0.686. The SMILES string of the molecule is CC(COC(=O)NOCC(=O)ON1C(=O)CCC1=O)c1ccccc1[N+](=O)[O-]. The molecule has 2 rings (SSSR count). The molecule has 12 heteroatoms. The normalized spacial score (nSPS) is 14.5. The predicted molar refractivity (Wildman–Crippen MR) is 89.1 cm³/mol. The number of ether oxygens (including phenoxy) is 1. The number of imide groups is 1. The van der Waals surface area contributed by atoms with Gasteiger partial charge in [-0.15, -0.1) is 5.06 Å². The first-order chi connectivity index (χ1) is 13.3. The van der Waals surface area contributed by atoms with Crippen LogP contribution in [0.2, 0.25) is 0 Å². The highest BCUT2D eigenvalue weighted by Gasteiger charge is 2.32. The largest absolute Gasteiger partial charge is 0.447 e. The van der Waals surface area contributed by atoms with E-state index >= 15 is 0 Å². The summed E-state index contributed by atoms with van der Waals surface area (Å²) >= 11 is 0. The van der Waals surface area contributed by atoms with E-state index < -0.39 is 41.3 Å². The van der Waals surface area contributed by atoms with Gasteiger partial charge in [0, 0.05) is 30.4 Å². The monoisotopic (exact) mass is 395 g/mol. The van der Waals surface area contributed by atoms with Gasteiger partial charge < -0.3 is 9.57 Å². The lowest BCUT2D eigenvalue weighted by Gasteiger charge is -2.14. The Morgan fingerprint density at radius 1 is 1.25 bits per heavy atom. The summed E-state index contributed by atoms with van der Waals surface area (Å²) in [6, 6.07) is 6.05. The highest BCUT2D eigenvalue weighted by atomic mass is 16.8. The second-order valence-electron chi connectivity index (χ2n) is 5.75. The molecule has 0 spiro atoms. The van der Waals surface area contributed by atoms with Gasteiger partial charge in [0.05, 0.1) is 4.92 Å². The van der Waals surface area contributed by atoms with E-state index in [0.717, 1.165) is 0 Å². The van der Waals surface area contributed by atoms with Crippen molar-refractivity contribution in [1.29, 1.82) is 0 Å². The molecule has 1 heterocycles. The molecule has 0 aliphatic carbocycles. The first kappa shape index (κ1) is 20.8. The maximum Gasteiger partial charge on any atom is 0.431 e. The molecule has 12 nitrogen and oxygen atoms in total. The van der Waals surface area contributed by atoms with Crippen LogP contribution >= 0.6 is 0 Å². The van der Waals surface area contributed by atoms with Gasteiger partial charge in [-0.2, -0.15) is 5.48 Å². The fourth-order valence-corrected chi connectivity index (χ4v) is 2.33. The Hall–Kier alpha value is -3.54. The Balaban J connectivity index is 1.71. The van der Waals surface area contributed by atoms with Crippen molar-refractivity contribution >= 4 is 29.6 Å². The van der Waals surface area contributed by atoms with E-state index in [0.29, 0.717) is 10.6 Å². The second kappa shape index (κ2) is 9.41. The van der Waals surface area contributed by atoms with Crippen LogP contribution in [0.1, 0.15) is 31.2 Å². The van der Waals surface area contributed by atoms with Crippen LogP contribution in [0.5, 0.6) is 0 Å². The molecule has 0 radical (unpaired) electrons. The van der Waals surface area contributed by atoms with Crippen molar-refractivity contribution in [2.24, 2.45) is 0 Å². The number of nitrogens with one attached hydrogen (secondary N) is 1. The molecular formula is C16H17N3O9. The number of hydrogen-bond acceptors (Lipinski definition) is 9. The van der Waals surface area contributed by atoms with Gasteiger partial charge >= 0.3 is 12.1 Å². The lowest BCUT2D eigenvalue weighted by Crippen LogP contribution is -2.35. The van der Waals surface area contributed by atoms with E-state index in [-0.39, 0.29) is 25.1 Å². The minimum atomic E-state index is -1.07. The number of hydroxylamine groups is 3. The fraction of sp³-hybridized carbons (Fsp3) is 0.375. The number of carbonyl (C=O) groups excluding carboxylic acids is 4. The van der Waals surface area contributed by atoms with E-state index in [1.54, 1.807) is 19.1 Å². The lowest BCUT2D eigenvalue weighted by molar-refractivity contribution is -0.385. The average Bonchev–Trinajstić information content (AvgIpc) is 2.98. The van der Waals surface area contributed by atoms with E-state index in [1.807, 2.05) is 5.48 Å². The minimum absolute atomic E-state index is 0.0463. The van der Waals surface area contributed by atoms with Crippen molar-refractivity contribution in [3.63, 3.8) is 0 Å². The van der Waals surface area contributed by atoms with Crippen LogP contribution in [-0.2, 0) is 28.8 Å². The number of nitro benzene ring substituents is 1. The third-order valence-corrected chi connectivity index (χ3v) is 3.67. The molecule has 1 aromatic rings. The first-order valence-corrected chi connectivity index (χ1v) is 8.14. The summed E-state index contributed by atoms with van der Waals surface area (Å²) in [5.41, 5.74) is 2.12. The number of nitrogens with zero attached hydrogens (tertiary/aromatic N) is 2. The molecule has 1 aliphatic heterocycles. The van der Waals surface area contributed by atoms with Crippen LogP contribution in [0, 0.1) is 10.1 Å². The van der Waals surface area contributed by atoms with Crippen LogP contribution in [-0.4, -0.2) is 47.1 Å². The highest BCUT2D eigenvalue weighted by molar-refractivity contribution is 6.01. The maximum absolute atomic E-state index is 11.6. The smallest absolute Gasteiger partial charge is 0.431 e. The summed E-state index contributed by atoms with van der Waals surface area (Å²) in [5, 5.41) is 11.4. The Morgan fingerprint density at radius 3 is 2.54 bits per heavy atom.